The normalized spacial score (nSPS) is 11.9. The summed E-state index contributed by atoms with van der Waals surface area (Å²) in [6.07, 6.45) is 1.20. The van der Waals surface area contributed by atoms with Gasteiger partial charge in [0.15, 0.2) is 4.90 Å². The number of nitro benzene ring substituents is 1. The van der Waals surface area contributed by atoms with Crippen molar-refractivity contribution in [3.63, 3.8) is 0 Å². The molecule has 132 valence electrons. The number of rotatable bonds is 7. The summed E-state index contributed by atoms with van der Waals surface area (Å²) in [4.78, 5) is 10.1. The third-order valence-corrected chi connectivity index (χ3v) is 5.51. The summed E-state index contributed by atoms with van der Waals surface area (Å²) in [7, 11) is -4.00. The molecule has 0 fully saturated rings. The van der Waals surface area contributed by atoms with Crippen LogP contribution in [0.1, 0.15) is 37.8 Å². The predicted octanol–water partition coefficient (Wildman–Crippen LogP) is 2.43. The first-order valence-corrected chi connectivity index (χ1v) is 8.59. The van der Waals surface area contributed by atoms with Crippen LogP contribution >= 0.6 is 12.4 Å². The second-order valence-corrected chi connectivity index (χ2v) is 7.29. The number of nitro groups is 1. The number of halogens is 1. The number of nitrogens with two attached hydrogens (primary N) is 1. The number of benzene rings is 1. The average molecular weight is 366 g/mol. The maximum absolute atomic E-state index is 12.4. The average Bonchev–Trinajstić information content (AvgIpc) is 2.47. The van der Waals surface area contributed by atoms with Crippen LogP contribution in [0.4, 0.5) is 5.69 Å². The summed E-state index contributed by atoms with van der Waals surface area (Å²) in [5, 5.41) is 11.1. The molecule has 3 N–H and O–H groups in total. The fraction of sp³-hybridized carbons (Fsp3) is 0.571. The van der Waals surface area contributed by atoms with Gasteiger partial charge in [0.1, 0.15) is 0 Å². The van der Waals surface area contributed by atoms with E-state index in [4.69, 9.17) is 5.73 Å². The van der Waals surface area contributed by atoms with Gasteiger partial charge in [0.25, 0.3) is 5.69 Å². The molecule has 0 heterocycles. The Morgan fingerprint density at radius 1 is 1.22 bits per heavy atom. The van der Waals surface area contributed by atoms with Gasteiger partial charge in [0.2, 0.25) is 10.0 Å². The van der Waals surface area contributed by atoms with Crippen LogP contribution in [0, 0.1) is 24.0 Å². The topological polar surface area (TPSA) is 115 Å². The van der Waals surface area contributed by atoms with E-state index in [9.17, 15) is 18.5 Å². The largest absolute Gasteiger partial charge is 0.324 e. The molecule has 9 heteroatoms. The van der Waals surface area contributed by atoms with Crippen LogP contribution in [0.15, 0.2) is 17.0 Å². The van der Waals surface area contributed by atoms with Gasteiger partial charge in [-0.25, -0.2) is 13.1 Å². The summed E-state index contributed by atoms with van der Waals surface area (Å²) in [6, 6.07) is 2.60. The van der Waals surface area contributed by atoms with Crippen molar-refractivity contribution in [3.8, 4) is 0 Å². The van der Waals surface area contributed by atoms with Crippen LogP contribution in [0.25, 0.3) is 0 Å². The summed E-state index contributed by atoms with van der Waals surface area (Å²) in [5.41, 5.74) is 6.33. The fourth-order valence-corrected chi connectivity index (χ4v) is 3.32. The smallest absolute Gasteiger partial charge is 0.289 e. The Balaban J connectivity index is 0.00000484. The summed E-state index contributed by atoms with van der Waals surface area (Å²) < 4.78 is 27.3. The molecule has 0 amide bonds. The zero-order valence-electron chi connectivity index (χ0n) is 13.8. The number of nitrogens with one attached hydrogen (secondary N) is 1. The predicted molar refractivity (Wildman–Crippen MR) is 92.5 cm³/mol. The fourth-order valence-electron chi connectivity index (χ4n) is 1.95. The van der Waals surface area contributed by atoms with E-state index >= 15 is 0 Å². The molecule has 0 saturated heterocycles. The SMILES string of the molecule is CCC(N)(CC)CNS(=O)(=O)c1cc(C)c(C)cc1[N+](=O)[O-].Cl. The van der Waals surface area contributed by atoms with Gasteiger partial charge in [-0.1, -0.05) is 13.8 Å². The minimum Gasteiger partial charge on any atom is -0.324 e. The molecule has 1 rings (SSSR count). The monoisotopic (exact) mass is 365 g/mol. The molecule has 1 aromatic rings. The van der Waals surface area contributed by atoms with Crippen LogP contribution in [-0.4, -0.2) is 25.4 Å². The third kappa shape index (κ3) is 5.13. The van der Waals surface area contributed by atoms with Gasteiger partial charge in [-0.2, -0.15) is 0 Å². The highest BCUT2D eigenvalue weighted by atomic mass is 35.5. The summed E-state index contributed by atoms with van der Waals surface area (Å²) in [6.45, 7) is 7.19. The Bertz CT molecular complexity index is 673. The van der Waals surface area contributed by atoms with Crippen molar-refractivity contribution in [2.24, 2.45) is 5.73 Å². The lowest BCUT2D eigenvalue weighted by molar-refractivity contribution is -0.387. The number of hydrogen-bond donors (Lipinski definition) is 2. The minimum absolute atomic E-state index is 0. The molecule has 0 aliphatic carbocycles. The quantitative estimate of drug-likeness (QED) is 0.568. The van der Waals surface area contributed by atoms with Crippen LogP contribution in [0.3, 0.4) is 0 Å². The Hall–Kier alpha value is -1.22. The maximum Gasteiger partial charge on any atom is 0.289 e. The van der Waals surface area contributed by atoms with Crippen LogP contribution in [0.2, 0.25) is 0 Å². The first-order valence-electron chi connectivity index (χ1n) is 7.10. The number of sulfonamides is 1. The van der Waals surface area contributed by atoms with Crippen molar-refractivity contribution in [1.29, 1.82) is 0 Å². The molecule has 23 heavy (non-hydrogen) atoms. The highest BCUT2D eigenvalue weighted by molar-refractivity contribution is 7.89. The highest BCUT2D eigenvalue weighted by Gasteiger charge is 2.29. The van der Waals surface area contributed by atoms with Crippen LogP contribution in [0.5, 0.6) is 0 Å². The standard InChI is InChI=1S/C14H23N3O4S.ClH/c1-5-14(15,6-2)9-16-22(20,21)13-8-11(4)10(3)7-12(13)17(18)19;/h7-8,16H,5-6,9,15H2,1-4H3;1H. The maximum atomic E-state index is 12.4. The van der Waals surface area contributed by atoms with Crippen LogP contribution < -0.4 is 10.5 Å². The van der Waals surface area contributed by atoms with Gasteiger partial charge in [0.05, 0.1) is 4.92 Å². The molecule has 0 atom stereocenters. The zero-order valence-corrected chi connectivity index (χ0v) is 15.4. The number of aryl methyl sites for hydroxylation is 2. The second kappa shape index (κ2) is 8.05. The minimum atomic E-state index is -4.00. The van der Waals surface area contributed by atoms with Gasteiger partial charge in [0, 0.05) is 18.2 Å². The lowest BCUT2D eigenvalue weighted by atomic mass is 9.95. The Morgan fingerprint density at radius 2 is 1.70 bits per heavy atom. The van der Waals surface area contributed by atoms with Crippen molar-refractivity contribution >= 4 is 28.1 Å². The Morgan fingerprint density at radius 3 is 2.13 bits per heavy atom. The molecular formula is C14H24ClN3O4S. The van der Waals surface area contributed by atoms with E-state index in [1.807, 2.05) is 13.8 Å². The van der Waals surface area contributed by atoms with E-state index in [2.05, 4.69) is 4.72 Å². The van der Waals surface area contributed by atoms with Crippen molar-refractivity contribution < 1.29 is 13.3 Å². The summed E-state index contributed by atoms with van der Waals surface area (Å²) in [5.74, 6) is 0. The number of hydrogen-bond acceptors (Lipinski definition) is 5. The molecule has 7 nitrogen and oxygen atoms in total. The van der Waals surface area contributed by atoms with Gasteiger partial charge in [-0.3, -0.25) is 10.1 Å². The molecule has 0 aliphatic rings. The molecule has 0 saturated carbocycles. The first-order chi connectivity index (χ1) is 10.1. The van der Waals surface area contributed by atoms with Crippen molar-refractivity contribution in [2.75, 3.05) is 6.54 Å². The Kier molecular flexibility index (Phi) is 7.62. The van der Waals surface area contributed by atoms with E-state index in [-0.39, 0.29) is 23.8 Å². The molecule has 0 unspecified atom stereocenters. The molecular weight excluding hydrogens is 342 g/mol. The Labute approximate surface area is 143 Å². The van der Waals surface area contributed by atoms with E-state index in [0.717, 1.165) is 0 Å². The van der Waals surface area contributed by atoms with Crippen molar-refractivity contribution in [1.82, 2.24) is 4.72 Å². The highest BCUT2D eigenvalue weighted by Crippen LogP contribution is 2.27. The molecule has 1 aromatic carbocycles. The van der Waals surface area contributed by atoms with E-state index in [0.29, 0.717) is 24.0 Å². The van der Waals surface area contributed by atoms with E-state index in [1.54, 1.807) is 13.8 Å². The first kappa shape index (κ1) is 21.8. The van der Waals surface area contributed by atoms with Crippen molar-refractivity contribution in [3.05, 3.63) is 33.4 Å². The molecule has 0 aliphatic heterocycles. The van der Waals surface area contributed by atoms with Gasteiger partial charge >= 0.3 is 0 Å². The number of nitrogens with zero attached hydrogens (tertiary/aromatic N) is 1. The molecule has 0 radical (unpaired) electrons. The lowest BCUT2D eigenvalue weighted by Crippen LogP contribution is -2.49. The van der Waals surface area contributed by atoms with E-state index in [1.165, 1.54) is 12.1 Å². The van der Waals surface area contributed by atoms with Gasteiger partial charge in [-0.05, 0) is 43.9 Å². The van der Waals surface area contributed by atoms with E-state index < -0.39 is 26.2 Å². The van der Waals surface area contributed by atoms with Gasteiger partial charge < -0.3 is 5.73 Å². The molecule has 0 spiro atoms. The second-order valence-electron chi connectivity index (χ2n) is 5.56. The zero-order chi connectivity index (χ0) is 17.1. The molecule has 0 aromatic heterocycles. The molecule has 0 bridgehead atoms. The third-order valence-electron chi connectivity index (χ3n) is 4.08. The van der Waals surface area contributed by atoms with Crippen LogP contribution in [-0.2, 0) is 10.0 Å². The lowest BCUT2D eigenvalue weighted by Gasteiger charge is -2.26. The van der Waals surface area contributed by atoms with Crippen molar-refractivity contribution in [2.45, 2.75) is 51.0 Å². The van der Waals surface area contributed by atoms with Gasteiger partial charge in [-0.15, -0.1) is 12.4 Å². The summed E-state index contributed by atoms with van der Waals surface area (Å²) >= 11 is 0.